The van der Waals surface area contributed by atoms with Crippen LogP contribution in [0, 0.1) is 0 Å². The van der Waals surface area contributed by atoms with Gasteiger partial charge in [0.15, 0.2) is 0 Å². The van der Waals surface area contributed by atoms with Gasteiger partial charge in [0.25, 0.3) is 0 Å². The molecule has 0 unspecified atom stereocenters. The minimum absolute atomic E-state index is 0.856. The predicted octanol–water partition coefficient (Wildman–Crippen LogP) is 10.1. The molecule has 0 N–H and O–H groups in total. The van der Waals surface area contributed by atoms with Crippen LogP contribution in [-0.4, -0.2) is 16.2 Å². The first kappa shape index (κ1) is 24.7. The summed E-state index contributed by atoms with van der Waals surface area (Å²) >= 11 is 0. The highest BCUT2D eigenvalue weighted by Gasteiger charge is 2.21. The van der Waals surface area contributed by atoms with Crippen molar-refractivity contribution in [2.45, 2.75) is 6.92 Å². The van der Waals surface area contributed by atoms with E-state index in [1.807, 2.05) is 18.2 Å². The Labute approximate surface area is 239 Å². The van der Waals surface area contributed by atoms with Gasteiger partial charge in [0.2, 0.25) is 0 Å². The van der Waals surface area contributed by atoms with Gasteiger partial charge in [0.05, 0.1) is 29.4 Å². The molecule has 0 amide bonds. The fourth-order valence-electron chi connectivity index (χ4n) is 6.25. The van der Waals surface area contributed by atoms with E-state index in [1.165, 1.54) is 27.2 Å². The standard InChI is InChI=1S/C38H30N2O/c1-4-14-31-33(5-2)40(36-21-13-19-30(38(31)36)29-18-10-12-22-37(29)41-3)27-23-24-35-32(25-27)28-17-9-11-20-34(28)39(35)26-15-7-6-8-16-26/h4-25H,2H2,1,3H3/b14-4-. The lowest BCUT2D eigenvalue weighted by molar-refractivity contribution is 0.416. The summed E-state index contributed by atoms with van der Waals surface area (Å²) in [6, 6.07) is 40.7. The number of rotatable bonds is 6. The molecule has 0 saturated carbocycles. The van der Waals surface area contributed by atoms with Crippen LogP contribution < -0.4 is 4.74 Å². The van der Waals surface area contributed by atoms with E-state index in [4.69, 9.17) is 4.74 Å². The van der Waals surface area contributed by atoms with Crippen LogP contribution in [0.4, 0.5) is 0 Å². The molecule has 0 atom stereocenters. The van der Waals surface area contributed by atoms with Crippen LogP contribution in [0.15, 0.2) is 128 Å². The molecule has 2 heterocycles. The normalized spacial score (nSPS) is 11.7. The Kier molecular flexibility index (Phi) is 6.06. The maximum Gasteiger partial charge on any atom is 0.126 e. The van der Waals surface area contributed by atoms with Crippen LogP contribution in [0.1, 0.15) is 18.2 Å². The second-order valence-electron chi connectivity index (χ2n) is 10.1. The van der Waals surface area contributed by atoms with Gasteiger partial charge in [0, 0.05) is 38.7 Å². The average Bonchev–Trinajstić information content (AvgIpc) is 3.53. The van der Waals surface area contributed by atoms with Gasteiger partial charge in [-0.25, -0.2) is 0 Å². The zero-order valence-corrected chi connectivity index (χ0v) is 23.2. The number of ether oxygens (including phenoxy) is 1. The van der Waals surface area contributed by atoms with Gasteiger partial charge >= 0.3 is 0 Å². The first-order valence-electron chi connectivity index (χ1n) is 13.9. The van der Waals surface area contributed by atoms with Crippen molar-refractivity contribution >= 4 is 44.9 Å². The molecule has 0 saturated heterocycles. The Balaban J connectivity index is 1.56. The lowest BCUT2D eigenvalue weighted by Gasteiger charge is -2.12. The Morgan fingerprint density at radius 2 is 1.34 bits per heavy atom. The van der Waals surface area contributed by atoms with E-state index in [2.05, 4.69) is 138 Å². The Morgan fingerprint density at radius 1 is 0.634 bits per heavy atom. The molecule has 0 bridgehead atoms. The van der Waals surface area contributed by atoms with Crippen molar-refractivity contribution in [3.05, 3.63) is 139 Å². The molecular formula is C38H30N2O. The van der Waals surface area contributed by atoms with E-state index >= 15 is 0 Å². The van der Waals surface area contributed by atoms with Crippen molar-refractivity contribution in [2.75, 3.05) is 7.11 Å². The summed E-state index contributed by atoms with van der Waals surface area (Å²) < 4.78 is 10.5. The summed E-state index contributed by atoms with van der Waals surface area (Å²) in [7, 11) is 1.73. The monoisotopic (exact) mass is 530 g/mol. The van der Waals surface area contributed by atoms with Crippen LogP contribution >= 0.6 is 0 Å². The van der Waals surface area contributed by atoms with Crippen molar-refractivity contribution in [2.24, 2.45) is 0 Å². The van der Waals surface area contributed by atoms with E-state index in [0.717, 1.165) is 45.0 Å². The van der Waals surface area contributed by atoms with Gasteiger partial charge in [-0.05, 0) is 67.1 Å². The minimum atomic E-state index is 0.856. The molecule has 0 aliphatic rings. The van der Waals surface area contributed by atoms with Gasteiger partial charge in [-0.2, -0.15) is 0 Å². The summed E-state index contributed by atoms with van der Waals surface area (Å²) in [5, 5.41) is 3.62. The summed E-state index contributed by atoms with van der Waals surface area (Å²) in [5.41, 5.74) is 10.2. The Morgan fingerprint density at radius 3 is 2.15 bits per heavy atom. The maximum absolute atomic E-state index is 5.78. The SMILES string of the molecule is C=Cc1c(/C=C\C)c2c(-c3ccccc3OC)cccc2n1-c1ccc2c(c1)c1ccccc1n2-c1ccccc1. The summed E-state index contributed by atoms with van der Waals surface area (Å²) in [6.45, 7) is 6.33. The van der Waals surface area contributed by atoms with Gasteiger partial charge < -0.3 is 13.9 Å². The highest BCUT2D eigenvalue weighted by atomic mass is 16.5. The summed E-state index contributed by atoms with van der Waals surface area (Å²) in [6.07, 6.45) is 6.26. The van der Waals surface area contributed by atoms with Gasteiger partial charge in [-0.15, -0.1) is 0 Å². The molecule has 0 fully saturated rings. The molecule has 0 radical (unpaired) electrons. The Bertz CT molecular complexity index is 2110. The van der Waals surface area contributed by atoms with Crippen molar-refractivity contribution in [3.8, 4) is 28.3 Å². The van der Waals surface area contributed by atoms with E-state index in [-0.39, 0.29) is 0 Å². The predicted molar refractivity (Wildman–Crippen MR) is 174 cm³/mol. The molecule has 0 aliphatic heterocycles. The second-order valence-corrected chi connectivity index (χ2v) is 10.1. The third-order valence-electron chi connectivity index (χ3n) is 7.92. The van der Waals surface area contributed by atoms with Crippen LogP contribution in [0.5, 0.6) is 5.75 Å². The molecule has 3 heteroatoms. The second kappa shape index (κ2) is 10.0. The molecule has 41 heavy (non-hydrogen) atoms. The lowest BCUT2D eigenvalue weighted by Crippen LogP contribution is -1.98. The number of aromatic nitrogens is 2. The zero-order valence-electron chi connectivity index (χ0n) is 23.2. The molecule has 0 aliphatic carbocycles. The first-order chi connectivity index (χ1) is 20.2. The molecule has 2 aromatic heterocycles. The molecular weight excluding hydrogens is 500 g/mol. The largest absolute Gasteiger partial charge is 0.496 e. The number of nitrogens with zero attached hydrogens (tertiary/aromatic N) is 2. The van der Waals surface area contributed by atoms with Crippen molar-refractivity contribution in [1.82, 2.24) is 9.13 Å². The first-order valence-corrected chi connectivity index (χ1v) is 13.9. The molecule has 7 aromatic rings. The number of fused-ring (bicyclic) bond motifs is 4. The highest BCUT2D eigenvalue weighted by molar-refractivity contribution is 6.11. The number of hydrogen-bond acceptors (Lipinski definition) is 1. The van der Waals surface area contributed by atoms with Gasteiger partial charge in [0.1, 0.15) is 5.75 Å². The molecule has 3 nitrogen and oxygen atoms in total. The third-order valence-corrected chi connectivity index (χ3v) is 7.92. The zero-order chi connectivity index (χ0) is 27.9. The van der Waals surface area contributed by atoms with E-state index in [1.54, 1.807) is 7.11 Å². The van der Waals surface area contributed by atoms with Crippen molar-refractivity contribution < 1.29 is 4.74 Å². The number of para-hydroxylation sites is 3. The van der Waals surface area contributed by atoms with Gasteiger partial charge in [-0.3, -0.25) is 0 Å². The quantitative estimate of drug-likeness (QED) is 0.209. The molecule has 198 valence electrons. The van der Waals surface area contributed by atoms with E-state index < -0.39 is 0 Å². The molecule has 0 spiro atoms. The van der Waals surface area contributed by atoms with Crippen molar-refractivity contribution in [3.63, 3.8) is 0 Å². The molecule has 5 aromatic carbocycles. The average molecular weight is 531 g/mol. The van der Waals surface area contributed by atoms with E-state index in [0.29, 0.717) is 0 Å². The number of allylic oxidation sites excluding steroid dienone is 1. The smallest absolute Gasteiger partial charge is 0.126 e. The minimum Gasteiger partial charge on any atom is -0.496 e. The van der Waals surface area contributed by atoms with Gasteiger partial charge in [-0.1, -0.05) is 85.5 Å². The van der Waals surface area contributed by atoms with E-state index in [9.17, 15) is 0 Å². The highest BCUT2D eigenvalue weighted by Crippen LogP contribution is 2.42. The summed E-state index contributed by atoms with van der Waals surface area (Å²) in [4.78, 5) is 0. The van der Waals surface area contributed by atoms with Crippen LogP contribution in [-0.2, 0) is 0 Å². The molecule has 7 rings (SSSR count). The topological polar surface area (TPSA) is 19.1 Å². The van der Waals surface area contributed by atoms with Crippen LogP contribution in [0.2, 0.25) is 0 Å². The fourth-order valence-corrected chi connectivity index (χ4v) is 6.25. The lowest BCUT2D eigenvalue weighted by atomic mass is 9.97. The number of hydrogen-bond donors (Lipinski definition) is 0. The Hall–Kier alpha value is -5.28. The number of benzene rings is 5. The fraction of sp³-hybridized carbons (Fsp3) is 0.0526. The third kappa shape index (κ3) is 3.81. The van der Waals surface area contributed by atoms with Crippen LogP contribution in [0.3, 0.4) is 0 Å². The summed E-state index contributed by atoms with van der Waals surface area (Å²) in [5.74, 6) is 0.856. The maximum atomic E-state index is 5.78. The van der Waals surface area contributed by atoms with Crippen molar-refractivity contribution in [1.29, 1.82) is 0 Å². The number of methoxy groups -OCH3 is 1. The van der Waals surface area contributed by atoms with Crippen LogP contribution in [0.25, 0.3) is 67.4 Å².